The van der Waals surface area contributed by atoms with Gasteiger partial charge < -0.3 is 24.9 Å². The van der Waals surface area contributed by atoms with E-state index >= 15 is 0 Å². The molecule has 43 heavy (non-hydrogen) atoms. The van der Waals surface area contributed by atoms with Crippen LogP contribution in [0.2, 0.25) is 0 Å². The maximum atomic E-state index is 14.5. The highest BCUT2D eigenvalue weighted by atomic mass is 16.4. The van der Waals surface area contributed by atoms with Gasteiger partial charge >= 0.3 is 12.0 Å². The first-order valence-corrected chi connectivity index (χ1v) is 14.2. The third kappa shape index (κ3) is 5.74. The van der Waals surface area contributed by atoms with Crippen LogP contribution in [0, 0.1) is 0 Å². The lowest BCUT2D eigenvalue weighted by Crippen LogP contribution is -2.58. The number of aliphatic hydroxyl groups is 1. The van der Waals surface area contributed by atoms with E-state index in [1.807, 2.05) is 97.1 Å². The molecule has 0 unspecified atom stereocenters. The molecule has 4 aromatic rings. The van der Waals surface area contributed by atoms with Gasteiger partial charge in [-0.1, -0.05) is 121 Å². The molecule has 1 heterocycles. The zero-order chi connectivity index (χ0) is 30.6. The minimum absolute atomic E-state index is 0.0307. The SMILES string of the molecule is C[C@H](N(C)C(=O)[C@H]1[C@@H](C(=O)O)N(Cc2ccccc2)C(=O)N1Cc1ccccc1)C(O)(c1ccccc1)c1ccccc1. The fraction of sp³-hybridized carbons (Fsp3) is 0.229. The van der Waals surface area contributed by atoms with E-state index in [-0.39, 0.29) is 13.1 Å². The summed E-state index contributed by atoms with van der Waals surface area (Å²) in [6.07, 6.45) is 0. The molecule has 220 valence electrons. The molecule has 2 N–H and O–H groups in total. The van der Waals surface area contributed by atoms with E-state index in [4.69, 9.17) is 0 Å². The van der Waals surface area contributed by atoms with Crippen LogP contribution in [-0.2, 0) is 28.3 Å². The second-order valence-electron chi connectivity index (χ2n) is 10.9. The van der Waals surface area contributed by atoms with Crippen LogP contribution in [0.15, 0.2) is 121 Å². The molecule has 0 aliphatic carbocycles. The number of likely N-dealkylation sites (N-methyl/N-ethyl adjacent to an activating group) is 1. The molecule has 0 aromatic heterocycles. The van der Waals surface area contributed by atoms with Crippen LogP contribution in [-0.4, -0.2) is 68.0 Å². The Bertz CT molecular complexity index is 1510. The van der Waals surface area contributed by atoms with Crippen LogP contribution < -0.4 is 0 Å². The predicted molar refractivity (Wildman–Crippen MR) is 163 cm³/mol. The minimum Gasteiger partial charge on any atom is -0.480 e. The molecule has 4 aromatic carbocycles. The second kappa shape index (κ2) is 12.5. The zero-order valence-electron chi connectivity index (χ0n) is 24.2. The topological polar surface area (TPSA) is 101 Å². The molecular formula is C35H35N3O5. The Kier molecular flexibility index (Phi) is 8.59. The third-order valence-corrected chi connectivity index (χ3v) is 8.32. The number of amides is 3. The molecule has 0 spiro atoms. The van der Waals surface area contributed by atoms with Gasteiger partial charge in [0.05, 0.1) is 6.04 Å². The van der Waals surface area contributed by atoms with E-state index in [1.165, 1.54) is 14.7 Å². The highest BCUT2D eigenvalue weighted by Gasteiger charge is 2.55. The van der Waals surface area contributed by atoms with Crippen LogP contribution in [0.4, 0.5) is 4.79 Å². The number of benzene rings is 4. The summed E-state index contributed by atoms with van der Waals surface area (Å²) in [5, 5.41) is 22.8. The average molecular weight is 578 g/mol. The van der Waals surface area contributed by atoms with Crippen molar-refractivity contribution in [1.82, 2.24) is 14.7 Å². The van der Waals surface area contributed by atoms with Gasteiger partial charge in [0, 0.05) is 20.1 Å². The molecule has 3 atom stereocenters. The predicted octanol–water partition coefficient (Wildman–Crippen LogP) is 4.73. The summed E-state index contributed by atoms with van der Waals surface area (Å²) < 4.78 is 0. The molecule has 1 aliphatic heterocycles. The van der Waals surface area contributed by atoms with Gasteiger partial charge in [0.15, 0.2) is 6.04 Å². The van der Waals surface area contributed by atoms with Crippen molar-refractivity contribution in [3.05, 3.63) is 144 Å². The quantitative estimate of drug-likeness (QED) is 0.284. The first kappa shape index (κ1) is 29.5. The summed E-state index contributed by atoms with van der Waals surface area (Å²) in [5.74, 6) is -1.86. The fourth-order valence-electron chi connectivity index (χ4n) is 5.89. The van der Waals surface area contributed by atoms with Gasteiger partial charge in [-0.15, -0.1) is 0 Å². The molecule has 1 saturated heterocycles. The van der Waals surface area contributed by atoms with Crippen LogP contribution >= 0.6 is 0 Å². The van der Waals surface area contributed by atoms with Gasteiger partial charge in [-0.2, -0.15) is 0 Å². The van der Waals surface area contributed by atoms with Crippen molar-refractivity contribution in [2.75, 3.05) is 7.05 Å². The van der Waals surface area contributed by atoms with Crippen LogP contribution in [0.25, 0.3) is 0 Å². The molecule has 1 fully saturated rings. The average Bonchev–Trinajstić information content (AvgIpc) is 3.31. The standard InChI is InChI=1S/C35H35N3O5/c1-25(35(43,28-19-11-5-12-20-28)29-21-13-6-14-22-29)36(2)32(39)30-31(33(40)41)38(24-27-17-9-4-10-18-27)34(42)37(30)23-26-15-7-3-8-16-26/h3-22,25,30-31,43H,23-24H2,1-2H3,(H,40,41)/t25-,30+,31-/m0/s1. The lowest BCUT2D eigenvalue weighted by Gasteiger charge is -2.42. The van der Waals surface area contributed by atoms with Crippen LogP contribution in [0.3, 0.4) is 0 Å². The van der Waals surface area contributed by atoms with Crippen LogP contribution in [0.1, 0.15) is 29.2 Å². The lowest BCUT2D eigenvalue weighted by molar-refractivity contribution is -0.150. The minimum atomic E-state index is -1.62. The number of carbonyl (C=O) groups is 3. The monoisotopic (exact) mass is 577 g/mol. The van der Waals surface area contributed by atoms with Gasteiger partial charge in [0.1, 0.15) is 11.6 Å². The Morgan fingerprint density at radius 1 is 0.721 bits per heavy atom. The first-order chi connectivity index (χ1) is 20.7. The molecule has 5 rings (SSSR count). The smallest absolute Gasteiger partial charge is 0.329 e. The largest absolute Gasteiger partial charge is 0.480 e. The molecule has 8 nitrogen and oxygen atoms in total. The number of carboxylic acid groups (broad SMARTS) is 1. The lowest BCUT2D eigenvalue weighted by atomic mass is 9.80. The molecule has 0 saturated carbocycles. The van der Waals surface area contributed by atoms with E-state index in [0.717, 1.165) is 11.1 Å². The van der Waals surface area contributed by atoms with Gasteiger partial charge in [0.25, 0.3) is 0 Å². The fourth-order valence-corrected chi connectivity index (χ4v) is 5.89. The highest BCUT2D eigenvalue weighted by molar-refractivity contribution is 5.98. The van der Waals surface area contributed by atoms with Crippen molar-refractivity contribution in [1.29, 1.82) is 0 Å². The normalized spacial score (nSPS) is 17.5. The highest BCUT2D eigenvalue weighted by Crippen LogP contribution is 2.37. The molecule has 0 bridgehead atoms. The summed E-state index contributed by atoms with van der Waals surface area (Å²) in [5.41, 5.74) is 1.05. The first-order valence-electron chi connectivity index (χ1n) is 14.2. The summed E-state index contributed by atoms with van der Waals surface area (Å²) in [7, 11) is 1.55. The van der Waals surface area contributed by atoms with E-state index in [0.29, 0.717) is 11.1 Å². The molecular weight excluding hydrogens is 542 g/mol. The summed E-state index contributed by atoms with van der Waals surface area (Å²) >= 11 is 0. The van der Waals surface area contributed by atoms with Crippen molar-refractivity contribution in [3.63, 3.8) is 0 Å². The number of aliphatic carboxylic acids is 1. The number of nitrogens with zero attached hydrogens (tertiary/aromatic N) is 3. The number of hydrogen-bond acceptors (Lipinski definition) is 4. The van der Waals surface area contributed by atoms with E-state index in [1.54, 1.807) is 38.2 Å². The van der Waals surface area contributed by atoms with Crippen molar-refractivity contribution in [3.8, 4) is 0 Å². The number of urea groups is 1. The molecule has 8 heteroatoms. The maximum absolute atomic E-state index is 14.5. The number of carbonyl (C=O) groups excluding carboxylic acids is 2. The maximum Gasteiger partial charge on any atom is 0.329 e. The van der Waals surface area contributed by atoms with E-state index < -0.39 is 41.6 Å². The van der Waals surface area contributed by atoms with Crippen molar-refractivity contribution >= 4 is 17.9 Å². The summed E-state index contributed by atoms with van der Waals surface area (Å²) in [6, 6.07) is 32.3. The molecule has 3 amide bonds. The Morgan fingerprint density at radius 2 is 1.09 bits per heavy atom. The Morgan fingerprint density at radius 3 is 1.49 bits per heavy atom. The van der Waals surface area contributed by atoms with Gasteiger partial charge in [-0.25, -0.2) is 9.59 Å². The molecule has 1 aliphatic rings. The van der Waals surface area contributed by atoms with Crippen molar-refractivity contribution in [2.45, 2.75) is 43.7 Å². The number of hydrogen-bond donors (Lipinski definition) is 2. The van der Waals surface area contributed by atoms with Crippen LogP contribution in [0.5, 0.6) is 0 Å². The second-order valence-corrected chi connectivity index (χ2v) is 10.9. The van der Waals surface area contributed by atoms with E-state index in [9.17, 15) is 24.6 Å². The van der Waals surface area contributed by atoms with E-state index in [2.05, 4.69) is 0 Å². The third-order valence-electron chi connectivity index (χ3n) is 8.32. The van der Waals surface area contributed by atoms with Gasteiger partial charge in [-0.3, -0.25) is 4.79 Å². The number of carboxylic acids is 1. The molecule has 0 radical (unpaired) electrons. The number of rotatable bonds is 10. The van der Waals surface area contributed by atoms with Gasteiger partial charge in [0.2, 0.25) is 5.91 Å². The Labute approximate surface area is 251 Å². The zero-order valence-corrected chi connectivity index (χ0v) is 24.2. The summed E-state index contributed by atoms with van der Waals surface area (Å²) in [4.78, 5) is 45.2. The Hall–Kier alpha value is -4.95. The Balaban J connectivity index is 1.55. The summed E-state index contributed by atoms with van der Waals surface area (Å²) in [6.45, 7) is 1.81. The van der Waals surface area contributed by atoms with Crippen molar-refractivity contribution in [2.24, 2.45) is 0 Å². The van der Waals surface area contributed by atoms with Crippen molar-refractivity contribution < 1.29 is 24.6 Å². The van der Waals surface area contributed by atoms with Gasteiger partial charge in [-0.05, 0) is 29.2 Å².